The predicted molar refractivity (Wildman–Crippen MR) is 98.8 cm³/mol. The molecule has 4 atom stereocenters. The molecule has 1 aliphatic heterocycles. The Morgan fingerprint density at radius 3 is 2.75 bits per heavy atom. The van der Waals surface area contributed by atoms with Crippen molar-refractivity contribution in [3.05, 3.63) is 41.4 Å². The van der Waals surface area contributed by atoms with Gasteiger partial charge in [-0.25, -0.2) is 4.98 Å². The number of benzene rings is 1. The van der Waals surface area contributed by atoms with E-state index in [4.69, 9.17) is 16.3 Å². The van der Waals surface area contributed by atoms with Crippen molar-refractivity contribution in [2.75, 3.05) is 11.9 Å². The molecule has 0 spiro atoms. The second-order valence-electron chi connectivity index (χ2n) is 6.42. The van der Waals surface area contributed by atoms with E-state index >= 15 is 0 Å². The third kappa shape index (κ3) is 3.36. The highest BCUT2D eigenvalue weighted by Gasteiger charge is 2.44. The van der Waals surface area contributed by atoms with Crippen molar-refractivity contribution in [2.24, 2.45) is 0 Å². The first-order valence-electron chi connectivity index (χ1n) is 8.52. The van der Waals surface area contributed by atoms with Crippen molar-refractivity contribution in [1.82, 2.24) is 19.5 Å². The van der Waals surface area contributed by atoms with Crippen LogP contribution in [-0.4, -0.2) is 64.9 Å². The van der Waals surface area contributed by atoms with Gasteiger partial charge in [0.2, 0.25) is 5.28 Å². The highest BCUT2D eigenvalue weighted by Crippen LogP contribution is 2.32. The molecule has 1 aliphatic rings. The van der Waals surface area contributed by atoms with E-state index in [9.17, 15) is 20.4 Å². The molecule has 0 saturated carbocycles. The van der Waals surface area contributed by atoms with E-state index in [0.717, 1.165) is 5.56 Å². The van der Waals surface area contributed by atoms with Crippen LogP contribution >= 0.6 is 11.6 Å². The Balaban J connectivity index is 1.65. The zero-order chi connectivity index (χ0) is 19.8. The van der Waals surface area contributed by atoms with Gasteiger partial charge in [0, 0.05) is 6.54 Å². The van der Waals surface area contributed by atoms with Crippen molar-refractivity contribution in [1.29, 1.82) is 0 Å². The molecule has 0 radical (unpaired) electrons. The zero-order valence-electron chi connectivity index (χ0n) is 14.5. The molecule has 1 saturated heterocycles. The number of hydrogen-bond donors (Lipinski definition) is 5. The predicted octanol–water partition coefficient (Wildman–Crippen LogP) is 0.409. The van der Waals surface area contributed by atoms with E-state index in [1.54, 1.807) is 18.2 Å². The van der Waals surface area contributed by atoms with E-state index in [0.29, 0.717) is 23.5 Å². The number of aromatic nitrogens is 4. The SMILES string of the molecule is OC[C@H]1O[C@@H](n2cnc3c(NCc4cccc(O)c4)nc(Cl)nc32)[C@H](O)[C@@H]1O. The highest BCUT2D eigenvalue weighted by atomic mass is 35.5. The summed E-state index contributed by atoms with van der Waals surface area (Å²) < 4.78 is 6.97. The molecular formula is C17H18ClN5O5. The Bertz CT molecular complexity index is 999. The van der Waals surface area contributed by atoms with E-state index in [-0.39, 0.29) is 11.0 Å². The molecule has 148 valence electrons. The van der Waals surface area contributed by atoms with Gasteiger partial charge in [-0.1, -0.05) is 12.1 Å². The van der Waals surface area contributed by atoms with E-state index in [1.165, 1.54) is 10.9 Å². The lowest BCUT2D eigenvalue weighted by molar-refractivity contribution is -0.0511. The van der Waals surface area contributed by atoms with Crippen LogP contribution in [0.3, 0.4) is 0 Å². The number of fused-ring (bicyclic) bond motifs is 1. The molecule has 28 heavy (non-hydrogen) atoms. The molecule has 0 aliphatic carbocycles. The Labute approximate surface area is 164 Å². The average Bonchev–Trinajstić information content (AvgIpc) is 3.21. The summed E-state index contributed by atoms with van der Waals surface area (Å²) in [6, 6.07) is 6.76. The second-order valence-corrected chi connectivity index (χ2v) is 6.76. The molecule has 0 unspecified atom stereocenters. The lowest BCUT2D eigenvalue weighted by atomic mass is 10.1. The fourth-order valence-corrected chi connectivity index (χ4v) is 3.33. The van der Waals surface area contributed by atoms with E-state index in [2.05, 4.69) is 20.3 Å². The largest absolute Gasteiger partial charge is 0.508 e. The minimum absolute atomic E-state index is 0.0422. The van der Waals surface area contributed by atoms with Crippen molar-refractivity contribution in [3.8, 4) is 5.75 Å². The van der Waals surface area contributed by atoms with Gasteiger partial charge in [-0.2, -0.15) is 9.97 Å². The molecule has 3 aromatic rings. The van der Waals surface area contributed by atoms with Crippen LogP contribution < -0.4 is 5.32 Å². The van der Waals surface area contributed by atoms with Crippen molar-refractivity contribution in [2.45, 2.75) is 31.1 Å². The summed E-state index contributed by atoms with van der Waals surface area (Å²) in [4.78, 5) is 12.6. The second kappa shape index (κ2) is 7.49. The van der Waals surface area contributed by atoms with Crippen LogP contribution in [0.2, 0.25) is 5.28 Å². The monoisotopic (exact) mass is 407 g/mol. The van der Waals surface area contributed by atoms with E-state index in [1.807, 2.05) is 6.07 Å². The summed E-state index contributed by atoms with van der Waals surface area (Å²) in [6.07, 6.45) is -3.02. The molecule has 11 heteroatoms. The van der Waals surface area contributed by atoms with Gasteiger partial charge in [0.15, 0.2) is 23.2 Å². The molecule has 1 fully saturated rings. The zero-order valence-corrected chi connectivity index (χ0v) is 15.2. The number of hydrogen-bond acceptors (Lipinski definition) is 9. The first kappa shape index (κ1) is 18.8. The van der Waals surface area contributed by atoms with Gasteiger partial charge in [0.1, 0.15) is 24.1 Å². The molecule has 10 nitrogen and oxygen atoms in total. The third-order valence-corrected chi connectivity index (χ3v) is 4.73. The van der Waals surface area contributed by atoms with Crippen LogP contribution in [0.15, 0.2) is 30.6 Å². The highest BCUT2D eigenvalue weighted by molar-refractivity contribution is 6.28. The van der Waals surface area contributed by atoms with Gasteiger partial charge in [-0.05, 0) is 29.3 Å². The van der Waals surface area contributed by atoms with Crippen LogP contribution in [-0.2, 0) is 11.3 Å². The van der Waals surface area contributed by atoms with Gasteiger partial charge in [0.05, 0.1) is 12.9 Å². The van der Waals surface area contributed by atoms with Gasteiger partial charge in [-0.15, -0.1) is 0 Å². The number of halogens is 1. The Hall–Kier alpha value is -2.50. The maximum atomic E-state index is 10.3. The Kier molecular flexibility index (Phi) is 5.04. The summed E-state index contributed by atoms with van der Waals surface area (Å²) in [7, 11) is 0. The number of aliphatic hydroxyl groups is 3. The molecule has 3 heterocycles. The fraction of sp³-hybridized carbons (Fsp3) is 0.353. The number of phenols is 1. The van der Waals surface area contributed by atoms with Crippen LogP contribution in [0.25, 0.3) is 11.2 Å². The number of nitrogens with one attached hydrogen (secondary N) is 1. The van der Waals surface area contributed by atoms with Crippen molar-refractivity contribution in [3.63, 3.8) is 0 Å². The fourth-order valence-electron chi connectivity index (χ4n) is 3.16. The van der Waals surface area contributed by atoms with E-state index < -0.39 is 31.1 Å². The van der Waals surface area contributed by atoms with Crippen LogP contribution in [0.5, 0.6) is 5.75 Å². The smallest absolute Gasteiger partial charge is 0.226 e. The van der Waals surface area contributed by atoms with Gasteiger partial charge in [0.25, 0.3) is 0 Å². The molecular weight excluding hydrogens is 390 g/mol. The van der Waals surface area contributed by atoms with Gasteiger partial charge < -0.3 is 30.5 Å². The molecule has 5 N–H and O–H groups in total. The Morgan fingerprint density at radius 2 is 2.04 bits per heavy atom. The summed E-state index contributed by atoms with van der Waals surface area (Å²) in [5, 5.41) is 42.1. The number of phenolic OH excluding ortho intramolecular Hbond substituents is 1. The number of ether oxygens (including phenoxy) is 1. The van der Waals surface area contributed by atoms with Gasteiger partial charge >= 0.3 is 0 Å². The number of anilines is 1. The number of imidazole rings is 1. The van der Waals surface area contributed by atoms with Crippen LogP contribution in [0, 0.1) is 0 Å². The van der Waals surface area contributed by atoms with Gasteiger partial charge in [-0.3, -0.25) is 4.57 Å². The maximum absolute atomic E-state index is 10.3. The lowest BCUT2D eigenvalue weighted by Gasteiger charge is -2.16. The average molecular weight is 408 g/mol. The minimum Gasteiger partial charge on any atom is -0.508 e. The first-order valence-corrected chi connectivity index (χ1v) is 8.90. The molecule has 0 amide bonds. The number of nitrogens with zero attached hydrogens (tertiary/aromatic N) is 4. The minimum atomic E-state index is -1.27. The topological polar surface area (TPSA) is 146 Å². The maximum Gasteiger partial charge on any atom is 0.226 e. The number of aromatic hydroxyl groups is 1. The van der Waals surface area contributed by atoms with Crippen molar-refractivity contribution < 1.29 is 25.2 Å². The molecule has 4 rings (SSSR count). The quantitative estimate of drug-likeness (QED) is 0.379. The first-order chi connectivity index (χ1) is 13.5. The number of aliphatic hydroxyl groups excluding tert-OH is 3. The summed E-state index contributed by atoms with van der Waals surface area (Å²) in [6.45, 7) is -0.0780. The van der Waals surface area contributed by atoms with Crippen molar-refractivity contribution >= 4 is 28.6 Å². The third-order valence-electron chi connectivity index (χ3n) is 4.56. The Morgan fingerprint density at radius 1 is 1.21 bits per heavy atom. The van der Waals surface area contributed by atoms with Crippen LogP contribution in [0.1, 0.15) is 11.8 Å². The summed E-state index contributed by atoms with van der Waals surface area (Å²) in [5.41, 5.74) is 1.52. The lowest BCUT2D eigenvalue weighted by Crippen LogP contribution is -2.33. The summed E-state index contributed by atoms with van der Waals surface area (Å²) in [5.74, 6) is 0.516. The summed E-state index contributed by atoms with van der Waals surface area (Å²) >= 11 is 6.05. The molecule has 1 aromatic carbocycles. The standard InChI is InChI=1S/C17H18ClN5O5/c18-17-21-14(19-5-8-2-1-3-9(25)4-8)11-15(22-17)23(7-20-11)16-13(27)12(26)10(6-24)28-16/h1-4,7,10,12-13,16,24-27H,5-6H2,(H,19,21,22)/t10-,12-,13-,16-/m1/s1. The molecule has 0 bridgehead atoms. The normalized spacial score (nSPS) is 24.7. The van der Waals surface area contributed by atoms with Crippen LogP contribution in [0.4, 0.5) is 5.82 Å². The number of rotatable bonds is 5. The molecule has 2 aromatic heterocycles.